The highest BCUT2D eigenvalue weighted by molar-refractivity contribution is 7.15. The number of benzene rings is 1. The molecule has 1 aliphatic carbocycles. The van der Waals surface area contributed by atoms with Gasteiger partial charge in [0.15, 0.2) is 5.82 Å². The van der Waals surface area contributed by atoms with Crippen molar-refractivity contribution < 1.29 is 9.59 Å². The maximum atomic E-state index is 13.9. The highest BCUT2D eigenvalue weighted by Gasteiger charge is 2.55. The number of nitrogens with zero attached hydrogens (tertiary/aromatic N) is 7. The molecular weight excluding hydrogens is 668 g/mol. The molecule has 2 unspecified atom stereocenters. The number of thiophene rings is 1. The van der Waals surface area contributed by atoms with Crippen molar-refractivity contribution in [2.45, 2.75) is 98.8 Å². The van der Waals surface area contributed by atoms with Crippen molar-refractivity contribution in [2.24, 2.45) is 15.8 Å². The maximum absolute atomic E-state index is 13.9. The zero-order valence-electron chi connectivity index (χ0n) is 30.7. The van der Waals surface area contributed by atoms with Crippen molar-refractivity contribution in [1.82, 2.24) is 34.8 Å². The minimum absolute atomic E-state index is 0.0429. The van der Waals surface area contributed by atoms with Crippen LogP contribution in [0.4, 0.5) is 0 Å². The van der Waals surface area contributed by atoms with E-state index in [0.717, 1.165) is 79.1 Å². The molecule has 1 aromatic carbocycles. The Hall–Kier alpha value is -3.12. The summed E-state index contributed by atoms with van der Waals surface area (Å²) in [6.45, 7) is 21.9. The zero-order valence-corrected chi connectivity index (χ0v) is 32.3. The van der Waals surface area contributed by atoms with Gasteiger partial charge in [0.25, 0.3) is 0 Å². The van der Waals surface area contributed by atoms with Crippen LogP contribution >= 0.6 is 22.9 Å². The molecule has 4 aliphatic rings. The number of carbonyl (C=O) groups excluding carboxylic acids is 2. The van der Waals surface area contributed by atoms with E-state index < -0.39 is 6.04 Å². The van der Waals surface area contributed by atoms with E-state index in [1.807, 2.05) is 36.1 Å². The Kier molecular flexibility index (Phi) is 9.27. The normalized spacial score (nSPS) is 23.0. The Labute approximate surface area is 305 Å². The van der Waals surface area contributed by atoms with E-state index in [2.05, 4.69) is 78.3 Å². The number of aliphatic imine (C=N–C) groups is 1. The van der Waals surface area contributed by atoms with Gasteiger partial charge in [-0.3, -0.25) is 28.9 Å². The summed E-state index contributed by atoms with van der Waals surface area (Å²) in [6, 6.07) is 8.43. The third-order valence-corrected chi connectivity index (χ3v) is 13.2. The van der Waals surface area contributed by atoms with Crippen LogP contribution in [0.5, 0.6) is 0 Å². The number of hydrogen-bond donors (Lipinski definition) is 1. The standard InChI is InChI=1S/C38H51ClN8O2S/c1-22-18-44(19-31(48)40-25(4)37(6,7)8)13-14-46(22)29-16-38(17-29)20-45(21-38)32(49)15-30-35-43-42-26(5)47(35)36-33(23(2)24(3)50-36)34(41-30)27-9-11-28(39)12-10-27/h9-12,22,25,29-30H,13-21H2,1-8H3,(H,40,48)/t22?,25?,30-/m0/s1. The molecule has 10 nitrogen and oxygen atoms in total. The van der Waals surface area contributed by atoms with Gasteiger partial charge in [0, 0.05) is 77.3 Å². The molecule has 12 heteroatoms. The van der Waals surface area contributed by atoms with E-state index in [1.165, 1.54) is 10.4 Å². The van der Waals surface area contributed by atoms with Crippen LogP contribution in [-0.2, 0) is 9.59 Å². The molecule has 3 aliphatic heterocycles. The summed E-state index contributed by atoms with van der Waals surface area (Å²) >= 11 is 7.99. The monoisotopic (exact) mass is 718 g/mol. The van der Waals surface area contributed by atoms with E-state index in [1.54, 1.807) is 11.3 Å². The van der Waals surface area contributed by atoms with Gasteiger partial charge < -0.3 is 10.2 Å². The van der Waals surface area contributed by atoms with Crippen LogP contribution in [0.25, 0.3) is 5.00 Å². The Morgan fingerprint density at radius 3 is 2.44 bits per heavy atom. The van der Waals surface area contributed by atoms with Crippen LogP contribution < -0.4 is 5.32 Å². The van der Waals surface area contributed by atoms with Crippen LogP contribution in [0.15, 0.2) is 29.3 Å². The molecule has 7 rings (SSSR count). The summed E-state index contributed by atoms with van der Waals surface area (Å²) < 4.78 is 2.11. The third-order valence-electron chi connectivity index (χ3n) is 11.7. The zero-order chi connectivity index (χ0) is 35.7. The van der Waals surface area contributed by atoms with Crippen molar-refractivity contribution >= 4 is 40.5 Å². The first kappa shape index (κ1) is 35.3. The van der Waals surface area contributed by atoms with Crippen molar-refractivity contribution in [1.29, 1.82) is 0 Å². The van der Waals surface area contributed by atoms with Gasteiger partial charge in [0.1, 0.15) is 16.9 Å². The first-order valence-electron chi connectivity index (χ1n) is 18.0. The van der Waals surface area contributed by atoms with Crippen molar-refractivity contribution in [2.75, 3.05) is 39.3 Å². The predicted octanol–water partition coefficient (Wildman–Crippen LogP) is 5.74. The van der Waals surface area contributed by atoms with Gasteiger partial charge in [-0.05, 0) is 70.6 Å². The lowest BCUT2D eigenvalue weighted by atomic mass is 9.60. The minimum atomic E-state index is -0.449. The molecule has 0 bridgehead atoms. The molecule has 3 atom stereocenters. The average molecular weight is 719 g/mol. The van der Waals surface area contributed by atoms with Crippen LogP contribution in [0.3, 0.4) is 0 Å². The van der Waals surface area contributed by atoms with Gasteiger partial charge in [0.2, 0.25) is 11.8 Å². The van der Waals surface area contributed by atoms with Gasteiger partial charge in [-0.15, -0.1) is 21.5 Å². The smallest absolute Gasteiger partial charge is 0.234 e. The SMILES string of the molecule is Cc1sc2c(c1C)C(c1ccc(Cl)cc1)=N[C@@H](CC(=O)N1CC3(CC(N4CCN(CC(=O)NC(C)C(C)(C)C)CC4C)C3)C1)c1nnc(C)n1-2. The molecule has 2 aromatic heterocycles. The third kappa shape index (κ3) is 6.55. The number of piperazine rings is 1. The molecule has 1 spiro atoms. The topological polar surface area (TPSA) is 99.0 Å². The van der Waals surface area contributed by atoms with Crippen molar-refractivity contribution in [3.05, 3.63) is 62.5 Å². The fraction of sp³-hybridized carbons (Fsp3) is 0.605. The van der Waals surface area contributed by atoms with E-state index in [-0.39, 0.29) is 35.1 Å². The molecule has 5 heterocycles. The van der Waals surface area contributed by atoms with E-state index >= 15 is 0 Å². The number of rotatable bonds is 7. The minimum Gasteiger partial charge on any atom is -0.352 e. The second kappa shape index (κ2) is 13.1. The molecule has 0 radical (unpaired) electrons. The van der Waals surface area contributed by atoms with Crippen LogP contribution in [0.1, 0.15) is 93.1 Å². The van der Waals surface area contributed by atoms with E-state index in [9.17, 15) is 9.59 Å². The van der Waals surface area contributed by atoms with Crippen molar-refractivity contribution in [3.8, 4) is 5.00 Å². The Morgan fingerprint density at radius 1 is 1.08 bits per heavy atom. The number of carbonyl (C=O) groups is 2. The fourth-order valence-electron chi connectivity index (χ4n) is 8.24. The molecule has 3 fully saturated rings. The van der Waals surface area contributed by atoms with Gasteiger partial charge >= 0.3 is 0 Å². The number of aromatic nitrogens is 3. The van der Waals surface area contributed by atoms with Crippen LogP contribution in [-0.4, -0.2) is 104 Å². The lowest BCUT2D eigenvalue weighted by Crippen LogP contribution is -2.69. The van der Waals surface area contributed by atoms with Gasteiger partial charge in [0.05, 0.1) is 18.7 Å². The Balaban J connectivity index is 0.979. The first-order chi connectivity index (χ1) is 23.6. The van der Waals surface area contributed by atoms with Crippen molar-refractivity contribution in [3.63, 3.8) is 0 Å². The molecule has 1 saturated carbocycles. The second-order valence-corrected chi connectivity index (χ2v) is 18.0. The number of nitrogens with one attached hydrogen (secondary N) is 1. The summed E-state index contributed by atoms with van der Waals surface area (Å²) in [5, 5.41) is 14.0. The summed E-state index contributed by atoms with van der Waals surface area (Å²) in [4.78, 5) is 40.1. The van der Waals surface area contributed by atoms with E-state index in [4.69, 9.17) is 16.6 Å². The van der Waals surface area contributed by atoms with Crippen LogP contribution in [0, 0.1) is 31.6 Å². The molecular formula is C38H51ClN8O2S. The molecule has 3 aromatic rings. The fourth-order valence-corrected chi connectivity index (χ4v) is 9.58. The molecule has 1 N–H and O–H groups in total. The number of likely N-dealkylation sites (tertiary alicyclic amines) is 1. The first-order valence-corrected chi connectivity index (χ1v) is 19.2. The maximum Gasteiger partial charge on any atom is 0.234 e. The molecule has 50 heavy (non-hydrogen) atoms. The lowest BCUT2D eigenvalue weighted by Gasteiger charge is -2.62. The Bertz CT molecular complexity index is 1810. The largest absolute Gasteiger partial charge is 0.352 e. The van der Waals surface area contributed by atoms with Crippen LogP contribution in [0.2, 0.25) is 5.02 Å². The molecule has 268 valence electrons. The van der Waals surface area contributed by atoms with E-state index in [0.29, 0.717) is 23.7 Å². The number of aryl methyl sites for hydroxylation is 2. The highest BCUT2D eigenvalue weighted by Crippen LogP contribution is 2.51. The summed E-state index contributed by atoms with van der Waals surface area (Å²) in [6.07, 6.45) is 2.50. The summed E-state index contributed by atoms with van der Waals surface area (Å²) in [5.74, 6) is 1.75. The van der Waals surface area contributed by atoms with Gasteiger partial charge in [-0.1, -0.05) is 44.5 Å². The second-order valence-electron chi connectivity index (χ2n) is 16.4. The lowest BCUT2D eigenvalue weighted by molar-refractivity contribution is -0.161. The van der Waals surface area contributed by atoms with Gasteiger partial charge in [-0.25, -0.2) is 0 Å². The molecule has 2 saturated heterocycles. The number of amides is 2. The number of fused-ring (bicyclic) bond motifs is 3. The predicted molar refractivity (Wildman–Crippen MR) is 200 cm³/mol. The molecule has 2 amide bonds. The summed E-state index contributed by atoms with van der Waals surface area (Å²) in [7, 11) is 0. The Morgan fingerprint density at radius 2 is 1.78 bits per heavy atom. The number of halogens is 1. The average Bonchev–Trinajstić information content (AvgIpc) is 3.48. The number of hydrogen-bond acceptors (Lipinski definition) is 8. The summed E-state index contributed by atoms with van der Waals surface area (Å²) in [5.41, 5.74) is 4.37. The highest BCUT2D eigenvalue weighted by atomic mass is 35.5. The quantitative estimate of drug-likeness (QED) is 0.335. The van der Waals surface area contributed by atoms with Gasteiger partial charge in [-0.2, -0.15) is 0 Å².